The van der Waals surface area contributed by atoms with Gasteiger partial charge in [-0.05, 0) is 36.8 Å². The second-order valence-corrected chi connectivity index (χ2v) is 3.85. The van der Waals surface area contributed by atoms with Crippen LogP contribution >= 0.6 is 0 Å². The SMILES string of the molecule is Cc1ncc(F)cc1C1(C)CC1. The third-order valence-corrected chi connectivity index (χ3v) is 2.70. The van der Waals surface area contributed by atoms with E-state index in [-0.39, 0.29) is 11.2 Å². The normalized spacial score (nSPS) is 19.2. The second kappa shape index (κ2) is 2.28. The zero-order chi connectivity index (χ0) is 8.77. The Hall–Kier alpha value is -0.920. The van der Waals surface area contributed by atoms with Crippen LogP contribution < -0.4 is 0 Å². The third-order valence-electron chi connectivity index (χ3n) is 2.70. The van der Waals surface area contributed by atoms with E-state index in [0.29, 0.717) is 0 Å². The Kier molecular flexibility index (Phi) is 1.47. The van der Waals surface area contributed by atoms with Gasteiger partial charge in [-0.25, -0.2) is 4.39 Å². The van der Waals surface area contributed by atoms with Gasteiger partial charge in [-0.3, -0.25) is 4.98 Å². The maximum atomic E-state index is 12.8. The lowest BCUT2D eigenvalue weighted by molar-refractivity contribution is 0.610. The molecule has 1 aromatic heterocycles. The molecule has 0 bridgehead atoms. The van der Waals surface area contributed by atoms with Gasteiger partial charge in [0.15, 0.2) is 0 Å². The summed E-state index contributed by atoms with van der Waals surface area (Å²) >= 11 is 0. The molecule has 0 atom stereocenters. The Bertz CT molecular complexity index is 316. The number of hydrogen-bond acceptors (Lipinski definition) is 1. The maximum absolute atomic E-state index is 12.8. The number of aromatic nitrogens is 1. The molecule has 1 aliphatic rings. The molecule has 0 radical (unpaired) electrons. The molecule has 12 heavy (non-hydrogen) atoms. The molecule has 64 valence electrons. The Balaban J connectivity index is 2.48. The van der Waals surface area contributed by atoms with Crippen LogP contribution in [0, 0.1) is 12.7 Å². The molecule has 1 fully saturated rings. The predicted molar refractivity (Wildman–Crippen MR) is 45.5 cm³/mol. The minimum absolute atomic E-state index is 0.219. The highest BCUT2D eigenvalue weighted by Gasteiger charge is 2.40. The smallest absolute Gasteiger partial charge is 0.141 e. The van der Waals surface area contributed by atoms with Crippen LogP contribution in [0.1, 0.15) is 31.0 Å². The average molecular weight is 165 g/mol. The van der Waals surface area contributed by atoms with Crippen LogP contribution in [0.2, 0.25) is 0 Å². The molecule has 0 amide bonds. The molecule has 0 unspecified atom stereocenters. The molecule has 1 nitrogen and oxygen atoms in total. The summed E-state index contributed by atoms with van der Waals surface area (Å²) in [6.07, 6.45) is 3.61. The van der Waals surface area contributed by atoms with Crippen molar-refractivity contribution < 1.29 is 4.39 Å². The summed E-state index contributed by atoms with van der Waals surface area (Å²) in [5.41, 5.74) is 2.28. The first kappa shape index (κ1) is 7.71. The van der Waals surface area contributed by atoms with Gasteiger partial charge in [-0.1, -0.05) is 6.92 Å². The van der Waals surface area contributed by atoms with Crippen molar-refractivity contribution >= 4 is 0 Å². The molecule has 0 saturated heterocycles. The summed E-state index contributed by atoms with van der Waals surface area (Å²) in [5.74, 6) is -0.219. The highest BCUT2D eigenvalue weighted by molar-refractivity contribution is 5.33. The number of halogens is 1. The molecular formula is C10H12FN. The highest BCUT2D eigenvalue weighted by Crippen LogP contribution is 2.48. The average Bonchev–Trinajstić information content (AvgIpc) is 2.75. The number of rotatable bonds is 1. The van der Waals surface area contributed by atoms with Gasteiger partial charge in [-0.2, -0.15) is 0 Å². The van der Waals surface area contributed by atoms with Gasteiger partial charge >= 0.3 is 0 Å². The van der Waals surface area contributed by atoms with Gasteiger partial charge in [0.2, 0.25) is 0 Å². The van der Waals surface area contributed by atoms with E-state index in [2.05, 4.69) is 11.9 Å². The summed E-state index contributed by atoms with van der Waals surface area (Å²) in [5, 5.41) is 0. The molecule has 2 rings (SSSR count). The monoisotopic (exact) mass is 165 g/mol. The van der Waals surface area contributed by atoms with Crippen molar-refractivity contribution in [1.82, 2.24) is 4.98 Å². The minimum Gasteiger partial charge on any atom is -0.258 e. The summed E-state index contributed by atoms with van der Waals surface area (Å²) < 4.78 is 12.8. The van der Waals surface area contributed by atoms with Crippen molar-refractivity contribution in [2.24, 2.45) is 0 Å². The van der Waals surface area contributed by atoms with Crippen LogP contribution in [-0.4, -0.2) is 4.98 Å². The minimum atomic E-state index is -0.219. The molecule has 0 aromatic carbocycles. The lowest BCUT2D eigenvalue weighted by Gasteiger charge is -2.10. The Labute approximate surface area is 71.6 Å². The highest BCUT2D eigenvalue weighted by atomic mass is 19.1. The maximum Gasteiger partial charge on any atom is 0.141 e. The van der Waals surface area contributed by atoms with Crippen molar-refractivity contribution in [3.63, 3.8) is 0 Å². The van der Waals surface area contributed by atoms with Crippen molar-refractivity contribution in [3.05, 3.63) is 29.3 Å². The molecular weight excluding hydrogens is 153 g/mol. The van der Waals surface area contributed by atoms with Crippen LogP contribution in [-0.2, 0) is 5.41 Å². The fourth-order valence-corrected chi connectivity index (χ4v) is 1.58. The number of nitrogens with zero attached hydrogens (tertiary/aromatic N) is 1. The molecule has 1 saturated carbocycles. The molecule has 1 heterocycles. The van der Waals surface area contributed by atoms with E-state index in [1.807, 2.05) is 6.92 Å². The molecule has 0 aliphatic heterocycles. The van der Waals surface area contributed by atoms with Gasteiger partial charge < -0.3 is 0 Å². The van der Waals surface area contributed by atoms with E-state index in [9.17, 15) is 4.39 Å². The van der Waals surface area contributed by atoms with Crippen molar-refractivity contribution in [1.29, 1.82) is 0 Å². The van der Waals surface area contributed by atoms with Crippen LogP contribution in [0.3, 0.4) is 0 Å². The Morgan fingerprint density at radius 2 is 2.17 bits per heavy atom. The Morgan fingerprint density at radius 3 is 2.75 bits per heavy atom. The van der Waals surface area contributed by atoms with Crippen LogP contribution in [0.15, 0.2) is 12.3 Å². The molecule has 1 aromatic rings. The predicted octanol–water partition coefficient (Wildman–Crippen LogP) is 2.58. The molecule has 2 heteroatoms. The van der Waals surface area contributed by atoms with E-state index >= 15 is 0 Å². The zero-order valence-electron chi connectivity index (χ0n) is 7.39. The molecule has 0 N–H and O–H groups in total. The second-order valence-electron chi connectivity index (χ2n) is 3.85. The summed E-state index contributed by atoms with van der Waals surface area (Å²) in [7, 11) is 0. The fraction of sp³-hybridized carbons (Fsp3) is 0.500. The van der Waals surface area contributed by atoms with Crippen LogP contribution in [0.25, 0.3) is 0 Å². The van der Waals surface area contributed by atoms with Crippen molar-refractivity contribution in [3.8, 4) is 0 Å². The van der Waals surface area contributed by atoms with Gasteiger partial charge in [0.05, 0.1) is 6.20 Å². The van der Waals surface area contributed by atoms with Crippen molar-refractivity contribution in [2.75, 3.05) is 0 Å². The van der Waals surface area contributed by atoms with E-state index in [0.717, 1.165) is 11.3 Å². The standard InChI is InChI=1S/C10H12FN/c1-7-9(10(2)3-4-10)5-8(11)6-12-7/h5-6H,3-4H2,1-2H3. The zero-order valence-corrected chi connectivity index (χ0v) is 7.39. The van der Waals surface area contributed by atoms with Crippen LogP contribution in [0.4, 0.5) is 4.39 Å². The number of aryl methyl sites for hydroxylation is 1. The van der Waals surface area contributed by atoms with Crippen molar-refractivity contribution in [2.45, 2.75) is 32.1 Å². The first-order valence-corrected chi connectivity index (χ1v) is 4.24. The quantitative estimate of drug-likeness (QED) is 0.623. The van der Waals surface area contributed by atoms with Gasteiger partial charge in [0, 0.05) is 5.69 Å². The van der Waals surface area contributed by atoms with Crippen LogP contribution in [0.5, 0.6) is 0 Å². The van der Waals surface area contributed by atoms with E-state index in [1.165, 1.54) is 19.0 Å². The number of pyridine rings is 1. The van der Waals surface area contributed by atoms with E-state index in [1.54, 1.807) is 6.07 Å². The van der Waals surface area contributed by atoms with Gasteiger partial charge in [-0.15, -0.1) is 0 Å². The molecule has 0 spiro atoms. The largest absolute Gasteiger partial charge is 0.258 e. The first-order valence-electron chi connectivity index (χ1n) is 4.24. The fourth-order valence-electron chi connectivity index (χ4n) is 1.58. The molecule has 1 aliphatic carbocycles. The lowest BCUT2D eigenvalue weighted by atomic mass is 9.97. The van der Waals surface area contributed by atoms with E-state index < -0.39 is 0 Å². The summed E-state index contributed by atoms with van der Waals surface area (Å²) in [6.45, 7) is 4.11. The van der Waals surface area contributed by atoms with E-state index in [4.69, 9.17) is 0 Å². The third kappa shape index (κ3) is 1.11. The Morgan fingerprint density at radius 1 is 1.50 bits per heavy atom. The first-order chi connectivity index (χ1) is 5.62. The van der Waals surface area contributed by atoms with Gasteiger partial charge in [0.25, 0.3) is 0 Å². The summed E-state index contributed by atoms with van der Waals surface area (Å²) in [4.78, 5) is 4.01. The lowest BCUT2D eigenvalue weighted by Crippen LogP contribution is -2.04. The van der Waals surface area contributed by atoms with Gasteiger partial charge in [0.1, 0.15) is 5.82 Å². The number of hydrogen-bond donors (Lipinski definition) is 0. The topological polar surface area (TPSA) is 12.9 Å². The summed E-state index contributed by atoms with van der Waals surface area (Å²) in [6, 6.07) is 1.62.